The Morgan fingerprint density at radius 2 is 2.22 bits per heavy atom. The van der Waals surface area contributed by atoms with Crippen molar-refractivity contribution in [2.75, 3.05) is 6.61 Å². The van der Waals surface area contributed by atoms with E-state index in [0.29, 0.717) is 29.2 Å². The number of nitrogens with zero attached hydrogens (tertiary/aromatic N) is 1. The maximum absolute atomic E-state index is 12.6. The van der Waals surface area contributed by atoms with Crippen LogP contribution in [0.5, 0.6) is 0 Å². The molecule has 122 valence electrons. The van der Waals surface area contributed by atoms with E-state index in [1.54, 1.807) is 19.1 Å². The molecule has 4 rings (SSSR count). The van der Waals surface area contributed by atoms with E-state index in [1.165, 1.54) is 6.42 Å². The van der Waals surface area contributed by atoms with Crippen molar-refractivity contribution in [2.45, 2.75) is 51.7 Å². The van der Waals surface area contributed by atoms with Crippen LogP contribution in [0, 0.1) is 12.3 Å². The number of esters is 1. The maximum atomic E-state index is 12.6. The summed E-state index contributed by atoms with van der Waals surface area (Å²) < 4.78 is 17.1. The third-order valence-corrected chi connectivity index (χ3v) is 5.36. The largest absolute Gasteiger partial charge is 0.458 e. The molecule has 0 saturated heterocycles. The third-order valence-electron chi connectivity index (χ3n) is 5.36. The van der Waals surface area contributed by atoms with Gasteiger partial charge in [0.05, 0.1) is 11.7 Å². The number of para-hydroxylation sites is 1. The van der Waals surface area contributed by atoms with Crippen LogP contribution in [0.1, 0.15) is 48.9 Å². The number of benzene rings is 1. The van der Waals surface area contributed by atoms with E-state index < -0.39 is 0 Å². The standard InChI is InChI=1S/C18H21NO4/c1-3-21-14-10-15(18(14)8-5-9-18)23-17(20)12-6-4-7-13-16(12)19-11(2)22-13/h4,6-7,14-15H,3,5,8-10H2,1-2H3/t14-,15-/m1/s1. The van der Waals surface area contributed by atoms with Gasteiger partial charge in [-0.1, -0.05) is 12.5 Å². The predicted octanol–water partition coefficient (Wildman–Crippen LogP) is 3.64. The molecule has 2 aliphatic rings. The zero-order chi connectivity index (χ0) is 16.0. The van der Waals surface area contributed by atoms with Gasteiger partial charge in [-0.3, -0.25) is 0 Å². The second-order valence-corrected chi connectivity index (χ2v) is 6.55. The Hall–Kier alpha value is -1.88. The van der Waals surface area contributed by atoms with Crippen LogP contribution in [0.4, 0.5) is 0 Å². The van der Waals surface area contributed by atoms with E-state index >= 15 is 0 Å². The molecule has 0 radical (unpaired) electrons. The topological polar surface area (TPSA) is 61.6 Å². The van der Waals surface area contributed by atoms with Crippen molar-refractivity contribution in [3.05, 3.63) is 29.7 Å². The minimum Gasteiger partial charge on any atom is -0.458 e. The highest BCUT2D eigenvalue weighted by atomic mass is 16.6. The number of hydrogen-bond donors (Lipinski definition) is 0. The zero-order valence-electron chi connectivity index (χ0n) is 13.5. The number of oxazole rings is 1. The maximum Gasteiger partial charge on any atom is 0.340 e. The van der Waals surface area contributed by atoms with Crippen LogP contribution in [-0.4, -0.2) is 29.8 Å². The molecule has 1 aromatic heterocycles. The zero-order valence-corrected chi connectivity index (χ0v) is 13.5. The van der Waals surface area contributed by atoms with E-state index in [4.69, 9.17) is 13.9 Å². The summed E-state index contributed by atoms with van der Waals surface area (Å²) in [5.74, 6) is 0.242. The van der Waals surface area contributed by atoms with Gasteiger partial charge in [-0.25, -0.2) is 9.78 Å². The molecular formula is C18H21NO4. The molecule has 2 fully saturated rings. The summed E-state index contributed by atoms with van der Waals surface area (Å²) in [5.41, 5.74) is 1.74. The normalized spacial score (nSPS) is 25.1. The molecule has 2 aromatic rings. The summed E-state index contributed by atoms with van der Waals surface area (Å²) >= 11 is 0. The van der Waals surface area contributed by atoms with Crippen molar-refractivity contribution in [2.24, 2.45) is 5.41 Å². The minimum atomic E-state index is -0.310. The highest BCUT2D eigenvalue weighted by Gasteiger charge is 2.61. The Bertz CT molecular complexity index is 747. The van der Waals surface area contributed by atoms with Gasteiger partial charge in [-0.05, 0) is 31.9 Å². The van der Waals surface area contributed by atoms with Crippen molar-refractivity contribution < 1.29 is 18.7 Å². The molecule has 0 bridgehead atoms. The first-order chi connectivity index (χ1) is 11.1. The van der Waals surface area contributed by atoms with Crippen LogP contribution < -0.4 is 0 Å². The van der Waals surface area contributed by atoms with Gasteiger partial charge >= 0.3 is 5.97 Å². The molecule has 0 aliphatic heterocycles. The molecule has 2 atom stereocenters. The van der Waals surface area contributed by atoms with Crippen LogP contribution in [0.3, 0.4) is 0 Å². The lowest BCUT2D eigenvalue weighted by Gasteiger charge is -2.59. The molecule has 0 unspecified atom stereocenters. The molecule has 5 nitrogen and oxygen atoms in total. The number of aromatic nitrogens is 1. The fourth-order valence-corrected chi connectivity index (χ4v) is 3.96. The van der Waals surface area contributed by atoms with Crippen LogP contribution in [0.25, 0.3) is 11.1 Å². The van der Waals surface area contributed by atoms with Gasteiger partial charge in [0.25, 0.3) is 0 Å². The molecule has 1 aromatic carbocycles. The molecular weight excluding hydrogens is 294 g/mol. The van der Waals surface area contributed by atoms with Crippen LogP contribution in [0.15, 0.2) is 22.6 Å². The quantitative estimate of drug-likeness (QED) is 0.806. The first-order valence-electron chi connectivity index (χ1n) is 8.33. The SMILES string of the molecule is CCO[C@@H]1C[C@@H](OC(=O)c2cccc3oc(C)nc23)C12CCC2. The first kappa shape index (κ1) is 14.7. The average Bonchev–Trinajstić information content (AvgIpc) is 2.84. The van der Waals surface area contributed by atoms with Crippen molar-refractivity contribution in [3.8, 4) is 0 Å². The van der Waals surface area contributed by atoms with Gasteiger partial charge in [0.1, 0.15) is 11.6 Å². The molecule has 23 heavy (non-hydrogen) atoms. The third kappa shape index (κ3) is 2.17. The van der Waals surface area contributed by atoms with Crippen molar-refractivity contribution in [1.29, 1.82) is 0 Å². The molecule has 5 heteroatoms. The molecule has 0 amide bonds. The molecule has 1 heterocycles. The van der Waals surface area contributed by atoms with E-state index in [0.717, 1.165) is 19.3 Å². The van der Waals surface area contributed by atoms with E-state index in [-0.39, 0.29) is 23.6 Å². The predicted molar refractivity (Wildman–Crippen MR) is 84.3 cm³/mol. The smallest absolute Gasteiger partial charge is 0.340 e. The van der Waals surface area contributed by atoms with Gasteiger partial charge in [0.2, 0.25) is 0 Å². The minimum absolute atomic E-state index is 0.0384. The Morgan fingerprint density at radius 1 is 1.39 bits per heavy atom. The Labute approximate surface area is 135 Å². The summed E-state index contributed by atoms with van der Waals surface area (Å²) in [5, 5.41) is 0. The van der Waals surface area contributed by atoms with Gasteiger partial charge in [0, 0.05) is 25.4 Å². The highest BCUT2D eigenvalue weighted by Crippen LogP contribution is 2.58. The van der Waals surface area contributed by atoms with Crippen molar-refractivity contribution in [1.82, 2.24) is 4.98 Å². The second-order valence-electron chi connectivity index (χ2n) is 6.55. The monoisotopic (exact) mass is 315 g/mol. The summed E-state index contributed by atoms with van der Waals surface area (Å²) in [6.45, 7) is 4.50. The van der Waals surface area contributed by atoms with Gasteiger partial charge in [-0.15, -0.1) is 0 Å². The lowest BCUT2D eigenvalue weighted by atomic mass is 9.52. The summed E-state index contributed by atoms with van der Waals surface area (Å²) in [4.78, 5) is 16.9. The highest BCUT2D eigenvalue weighted by molar-refractivity contribution is 6.01. The Kier molecular flexibility index (Phi) is 3.41. The fourth-order valence-electron chi connectivity index (χ4n) is 3.96. The van der Waals surface area contributed by atoms with Gasteiger partial charge in [-0.2, -0.15) is 0 Å². The van der Waals surface area contributed by atoms with Crippen molar-refractivity contribution in [3.63, 3.8) is 0 Å². The van der Waals surface area contributed by atoms with Crippen LogP contribution >= 0.6 is 0 Å². The number of carbonyl (C=O) groups excluding carboxylic acids is 1. The lowest BCUT2D eigenvalue weighted by Crippen LogP contribution is -2.63. The van der Waals surface area contributed by atoms with E-state index in [9.17, 15) is 4.79 Å². The summed E-state index contributed by atoms with van der Waals surface area (Å²) in [6.07, 6.45) is 4.36. The number of carbonyl (C=O) groups is 1. The van der Waals surface area contributed by atoms with E-state index in [1.807, 2.05) is 13.0 Å². The number of ether oxygens (including phenoxy) is 2. The Morgan fingerprint density at radius 3 is 2.91 bits per heavy atom. The first-order valence-corrected chi connectivity index (χ1v) is 8.33. The molecule has 2 aliphatic carbocycles. The second kappa shape index (κ2) is 5.34. The lowest BCUT2D eigenvalue weighted by molar-refractivity contribution is -0.224. The number of hydrogen-bond acceptors (Lipinski definition) is 5. The fraction of sp³-hybridized carbons (Fsp3) is 0.556. The Balaban J connectivity index is 1.54. The van der Waals surface area contributed by atoms with Gasteiger partial charge in [0.15, 0.2) is 11.5 Å². The molecule has 2 saturated carbocycles. The number of rotatable bonds is 4. The summed E-state index contributed by atoms with van der Waals surface area (Å²) in [6, 6.07) is 5.36. The average molecular weight is 315 g/mol. The summed E-state index contributed by atoms with van der Waals surface area (Å²) in [7, 11) is 0. The molecule has 1 spiro atoms. The number of fused-ring (bicyclic) bond motifs is 1. The number of aryl methyl sites for hydroxylation is 1. The van der Waals surface area contributed by atoms with Crippen LogP contribution in [-0.2, 0) is 9.47 Å². The van der Waals surface area contributed by atoms with Crippen molar-refractivity contribution >= 4 is 17.1 Å². The van der Waals surface area contributed by atoms with E-state index in [2.05, 4.69) is 4.98 Å². The van der Waals surface area contributed by atoms with Crippen LogP contribution in [0.2, 0.25) is 0 Å². The van der Waals surface area contributed by atoms with Gasteiger partial charge < -0.3 is 13.9 Å². The molecule has 0 N–H and O–H groups in total.